The number of halogens is 1. The van der Waals surface area contributed by atoms with E-state index in [2.05, 4.69) is 33.1 Å². The van der Waals surface area contributed by atoms with Gasteiger partial charge in [0.05, 0.1) is 0 Å². The van der Waals surface area contributed by atoms with E-state index in [1.165, 1.54) is 24.8 Å². The fourth-order valence-electron chi connectivity index (χ4n) is 2.90. The maximum Gasteiger partial charge on any atom is 0.115 e. The third kappa shape index (κ3) is 4.21. The molecule has 20 heavy (non-hydrogen) atoms. The Morgan fingerprint density at radius 2 is 2.05 bits per heavy atom. The number of unbranched alkanes of at least 4 members (excludes halogenated alkanes) is 2. The zero-order chi connectivity index (χ0) is 14.4. The third-order valence-corrected chi connectivity index (χ3v) is 4.73. The number of nitrogens with zero attached hydrogens (tertiary/aromatic N) is 1. The molecule has 0 aromatic heterocycles. The molecule has 1 heterocycles. The Labute approximate surface area is 130 Å². The van der Waals surface area contributed by atoms with Crippen molar-refractivity contribution in [3.8, 4) is 5.75 Å². The van der Waals surface area contributed by atoms with Crippen LogP contribution in [0.25, 0.3) is 0 Å². The Morgan fingerprint density at radius 1 is 1.30 bits per heavy atom. The van der Waals surface area contributed by atoms with Crippen LogP contribution in [-0.2, 0) is 0 Å². The van der Waals surface area contributed by atoms with Crippen LogP contribution in [0.5, 0.6) is 5.75 Å². The second-order valence-electron chi connectivity index (χ2n) is 5.50. The van der Waals surface area contributed by atoms with Gasteiger partial charge in [0.25, 0.3) is 0 Å². The topological polar surface area (TPSA) is 35.5 Å². The maximum atomic E-state index is 9.80. The highest BCUT2D eigenvalue weighted by Crippen LogP contribution is 2.34. The maximum absolute atomic E-state index is 9.80. The Morgan fingerprint density at radius 3 is 2.75 bits per heavy atom. The van der Waals surface area contributed by atoms with E-state index in [-0.39, 0.29) is 0 Å². The van der Waals surface area contributed by atoms with Crippen molar-refractivity contribution < 1.29 is 5.11 Å². The second-order valence-corrected chi connectivity index (χ2v) is 6.36. The summed E-state index contributed by atoms with van der Waals surface area (Å²) in [5.41, 5.74) is 1.23. The number of hydrogen-bond acceptors (Lipinski definition) is 3. The van der Waals surface area contributed by atoms with Gasteiger partial charge in [-0.3, -0.25) is 4.90 Å². The van der Waals surface area contributed by atoms with Crippen molar-refractivity contribution in [1.82, 2.24) is 10.2 Å². The Balaban J connectivity index is 2.17. The molecule has 0 saturated carbocycles. The highest BCUT2D eigenvalue weighted by Gasteiger charge is 2.23. The summed E-state index contributed by atoms with van der Waals surface area (Å²) < 4.78 is 1.11. The fourth-order valence-corrected chi connectivity index (χ4v) is 3.41. The van der Waals surface area contributed by atoms with Crippen molar-refractivity contribution in [2.45, 2.75) is 38.6 Å². The van der Waals surface area contributed by atoms with Gasteiger partial charge in [-0.1, -0.05) is 42.1 Å². The summed E-state index contributed by atoms with van der Waals surface area (Å²) in [6.07, 6.45) is 4.93. The van der Waals surface area contributed by atoms with Crippen molar-refractivity contribution in [1.29, 1.82) is 0 Å². The minimum Gasteiger partial charge on any atom is -0.508 e. The molecule has 3 nitrogen and oxygen atoms in total. The molecule has 2 N–H and O–H groups in total. The molecule has 112 valence electrons. The summed E-state index contributed by atoms with van der Waals surface area (Å²) in [5, 5.41) is 13.2. The van der Waals surface area contributed by atoms with E-state index in [0.29, 0.717) is 11.8 Å². The average molecular weight is 341 g/mol. The Hall–Kier alpha value is -0.580. The van der Waals surface area contributed by atoms with Gasteiger partial charge >= 0.3 is 0 Å². The van der Waals surface area contributed by atoms with Crippen LogP contribution in [-0.4, -0.2) is 36.2 Å². The van der Waals surface area contributed by atoms with Gasteiger partial charge in [0.2, 0.25) is 0 Å². The first-order valence-electron chi connectivity index (χ1n) is 7.65. The minimum atomic E-state index is 0.360. The molecule has 4 heteroatoms. The number of benzene rings is 1. The number of rotatable bonds is 6. The minimum absolute atomic E-state index is 0.360. The molecule has 1 aromatic rings. The van der Waals surface area contributed by atoms with E-state index in [4.69, 9.17) is 0 Å². The summed E-state index contributed by atoms with van der Waals surface area (Å²) >= 11 is 3.65. The molecule has 1 fully saturated rings. The molecule has 0 amide bonds. The summed E-state index contributed by atoms with van der Waals surface area (Å²) in [7, 11) is 0. The summed E-state index contributed by atoms with van der Waals surface area (Å²) in [6.45, 7) is 6.52. The molecule has 1 aliphatic rings. The predicted molar refractivity (Wildman–Crippen MR) is 87.1 cm³/mol. The molecule has 1 saturated heterocycles. The molecule has 0 radical (unpaired) electrons. The van der Waals surface area contributed by atoms with Gasteiger partial charge in [0.1, 0.15) is 5.75 Å². The largest absolute Gasteiger partial charge is 0.508 e. The molecule has 0 aliphatic carbocycles. The Kier molecular flexibility index (Phi) is 6.33. The number of piperazine rings is 1. The smallest absolute Gasteiger partial charge is 0.115 e. The molecule has 0 unspecified atom stereocenters. The van der Waals surface area contributed by atoms with Crippen LogP contribution < -0.4 is 5.32 Å². The second kappa shape index (κ2) is 8.01. The number of phenols is 1. The van der Waals surface area contributed by atoms with Crippen molar-refractivity contribution in [3.63, 3.8) is 0 Å². The number of hydrogen-bond donors (Lipinski definition) is 2. The normalized spacial score (nSPS) is 18.1. The quantitative estimate of drug-likeness (QED) is 0.775. The zero-order valence-electron chi connectivity index (χ0n) is 12.2. The van der Waals surface area contributed by atoms with Crippen molar-refractivity contribution in [3.05, 3.63) is 28.2 Å². The van der Waals surface area contributed by atoms with Gasteiger partial charge < -0.3 is 10.4 Å². The molecular weight excluding hydrogens is 316 g/mol. The van der Waals surface area contributed by atoms with Crippen LogP contribution in [0.4, 0.5) is 0 Å². The Bertz CT molecular complexity index is 419. The lowest BCUT2D eigenvalue weighted by Crippen LogP contribution is -2.45. The number of nitrogens with one attached hydrogen (secondary N) is 1. The predicted octanol–water partition coefficient (Wildman–Crippen LogP) is 3.68. The van der Waals surface area contributed by atoms with Crippen LogP contribution >= 0.6 is 15.9 Å². The van der Waals surface area contributed by atoms with Crippen LogP contribution in [0.3, 0.4) is 0 Å². The van der Waals surface area contributed by atoms with E-state index >= 15 is 0 Å². The molecule has 1 atom stereocenters. The van der Waals surface area contributed by atoms with Gasteiger partial charge in [-0.2, -0.15) is 0 Å². The highest BCUT2D eigenvalue weighted by atomic mass is 79.9. The van der Waals surface area contributed by atoms with Crippen molar-refractivity contribution >= 4 is 15.9 Å². The third-order valence-electron chi connectivity index (χ3n) is 4.01. The zero-order valence-corrected chi connectivity index (χ0v) is 13.8. The fraction of sp³-hybridized carbons (Fsp3) is 0.625. The highest BCUT2D eigenvalue weighted by molar-refractivity contribution is 9.10. The van der Waals surface area contributed by atoms with Crippen LogP contribution in [0, 0.1) is 0 Å². The monoisotopic (exact) mass is 340 g/mol. The first kappa shape index (κ1) is 15.8. The number of aromatic hydroxyl groups is 1. The van der Waals surface area contributed by atoms with E-state index in [1.54, 1.807) is 6.07 Å². The van der Waals surface area contributed by atoms with E-state index in [9.17, 15) is 5.11 Å². The molecular formula is C16H25BrN2O. The lowest BCUT2D eigenvalue weighted by molar-refractivity contribution is 0.162. The summed E-state index contributed by atoms with van der Waals surface area (Å²) in [6, 6.07) is 6.03. The molecule has 0 spiro atoms. The SMILES string of the molecule is CCCCC[C@H](c1cc(O)ccc1Br)N1CCNCC1. The molecule has 1 aromatic carbocycles. The lowest BCUT2D eigenvalue weighted by atomic mass is 9.98. The van der Waals surface area contributed by atoms with Crippen molar-refractivity contribution in [2.75, 3.05) is 26.2 Å². The lowest BCUT2D eigenvalue weighted by Gasteiger charge is -2.36. The van der Waals surface area contributed by atoms with E-state index in [0.717, 1.165) is 37.1 Å². The summed E-state index contributed by atoms with van der Waals surface area (Å²) in [5.74, 6) is 0.360. The first-order valence-corrected chi connectivity index (χ1v) is 8.45. The van der Waals surface area contributed by atoms with Crippen molar-refractivity contribution in [2.24, 2.45) is 0 Å². The molecule has 1 aliphatic heterocycles. The molecule has 0 bridgehead atoms. The van der Waals surface area contributed by atoms with Gasteiger partial charge in [-0.15, -0.1) is 0 Å². The van der Waals surface area contributed by atoms with Crippen LogP contribution in [0.1, 0.15) is 44.2 Å². The average Bonchev–Trinajstić information content (AvgIpc) is 2.48. The van der Waals surface area contributed by atoms with Gasteiger partial charge in [-0.05, 0) is 30.2 Å². The van der Waals surface area contributed by atoms with E-state index < -0.39 is 0 Å². The van der Waals surface area contributed by atoms with Gasteiger partial charge in [0.15, 0.2) is 0 Å². The van der Waals surface area contributed by atoms with E-state index in [1.807, 2.05) is 12.1 Å². The van der Waals surface area contributed by atoms with Gasteiger partial charge in [0, 0.05) is 36.7 Å². The molecule has 2 rings (SSSR count). The number of phenolic OH excluding ortho intramolecular Hbond substituents is 1. The first-order chi connectivity index (χ1) is 9.72. The van der Waals surface area contributed by atoms with Crippen LogP contribution in [0.2, 0.25) is 0 Å². The van der Waals surface area contributed by atoms with Gasteiger partial charge in [-0.25, -0.2) is 0 Å². The standard InChI is InChI=1S/C16H25BrN2O/c1-2-3-4-5-16(19-10-8-18-9-11-19)14-12-13(20)6-7-15(14)17/h6-7,12,16,18,20H,2-5,8-11H2,1H3/t16-/m1/s1. The van der Waals surface area contributed by atoms with Crippen LogP contribution in [0.15, 0.2) is 22.7 Å². The summed E-state index contributed by atoms with van der Waals surface area (Å²) in [4.78, 5) is 2.55.